The van der Waals surface area contributed by atoms with E-state index >= 15 is 0 Å². The summed E-state index contributed by atoms with van der Waals surface area (Å²) in [5.74, 6) is -0.225. The van der Waals surface area contributed by atoms with Gasteiger partial charge in [-0.2, -0.15) is 0 Å². The van der Waals surface area contributed by atoms with Crippen LogP contribution >= 0.6 is 12.4 Å². The Morgan fingerprint density at radius 2 is 1.67 bits per heavy atom. The first-order valence-corrected chi connectivity index (χ1v) is 9.12. The van der Waals surface area contributed by atoms with E-state index in [-0.39, 0.29) is 24.4 Å². The van der Waals surface area contributed by atoms with Gasteiger partial charge in [0.2, 0.25) is 0 Å². The van der Waals surface area contributed by atoms with Crippen molar-refractivity contribution in [2.24, 2.45) is 0 Å². The van der Waals surface area contributed by atoms with Crippen LogP contribution in [0, 0.1) is 0 Å². The second-order valence-electron chi connectivity index (χ2n) is 6.37. The molecule has 2 aromatic rings. The summed E-state index contributed by atoms with van der Waals surface area (Å²) in [5.41, 5.74) is 4.40. The molecule has 1 unspecified atom stereocenters. The molecule has 4 heteroatoms. The van der Waals surface area contributed by atoms with Crippen LogP contribution in [-0.2, 0) is 9.53 Å². The third kappa shape index (κ3) is 5.56. The quantitative estimate of drug-likeness (QED) is 0.729. The lowest BCUT2D eigenvalue weighted by Crippen LogP contribution is -2.37. The van der Waals surface area contributed by atoms with E-state index in [1.54, 1.807) is 0 Å². The fraction of sp³-hybridized carbons (Fsp3) is 0.261. The van der Waals surface area contributed by atoms with Crippen molar-refractivity contribution in [1.29, 1.82) is 0 Å². The number of rotatable bonds is 6. The van der Waals surface area contributed by atoms with Crippen LogP contribution in [-0.4, -0.2) is 25.7 Å². The molecule has 142 valence electrons. The summed E-state index contributed by atoms with van der Waals surface area (Å²) in [7, 11) is 1.44. The Bertz CT molecular complexity index is 743. The standard InChI is InChI=1S/C23H25NO2.ClH/c1-26-23(25)21-15-9-17-24-22(21)16-8-14-20(18-10-4-2-5-11-18)19-12-6-3-7-13-19;/h2-7,10-15,22,24H,8-9,16-17H2,1H3;1H. The number of hydrogen-bond acceptors (Lipinski definition) is 3. The number of benzene rings is 2. The Kier molecular flexibility index (Phi) is 8.31. The Morgan fingerprint density at radius 3 is 2.22 bits per heavy atom. The van der Waals surface area contributed by atoms with E-state index in [4.69, 9.17) is 4.74 Å². The summed E-state index contributed by atoms with van der Waals surface area (Å²) in [6, 6.07) is 20.9. The molecule has 0 saturated carbocycles. The molecule has 0 saturated heterocycles. The van der Waals surface area contributed by atoms with Crippen molar-refractivity contribution in [3.63, 3.8) is 0 Å². The molecule has 2 aromatic carbocycles. The number of ether oxygens (including phenoxy) is 1. The third-order valence-electron chi connectivity index (χ3n) is 4.67. The molecule has 0 fully saturated rings. The Morgan fingerprint density at radius 1 is 1.07 bits per heavy atom. The van der Waals surface area contributed by atoms with E-state index in [1.807, 2.05) is 18.2 Å². The lowest BCUT2D eigenvalue weighted by atomic mass is 9.94. The molecule has 0 radical (unpaired) electrons. The minimum Gasteiger partial charge on any atom is -0.466 e. The minimum atomic E-state index is -0.225. The molecule has 1 atom stereocenters. The topological polar surface area (TPSA) is 38.3 Å². The van der Waals surface area contributed by atoms with Gasteiger partial charge in [-0.15, -0.1) is 12.4 Å². The van der Waals surface area contributed by atoms with Crippen LogP contribution < -0.4 is 5.32 Å². The minimum absolute atomic E-state index is 0. The lowest BCUT2D eigenvalue weighted by molar-refractivity contribution is -0.136. The highest BCUT2D eigenvalue weighted by Crippen LogP contribution is 2.25. The largest absolute Gasteiger partial charge is 0.466 e. The summed E-state index contributed by atoms with van der Waals surface area (Å²) >= 11 is 0. The van der Waals surface area contributed by atoms with Gasteiger partial charge in [-0.1, -0.05) is 72.8 Å². The number of halogens is 1. The molecule has 27 heavy (non-hydrogen) atoms. The monoisotopic (exact) mass is 383 g/mol. The average molecular weight is 384 g/mol. The van der Waals surface area contributed by atoms with Crippen molar-refractivity contribution in [3.05, 3.63) is 89.5 Å². The van der Waals surface area contributed by atoms with E-state index in [0.29, 0.717) is 0 Å². The molecule has 1 heterocycles. The summed E-state index contributed by atoms with van der Waals surface area (Å²) < 4.78 is 4.92. The number of esters is 1. The van der Waals surface area contributed by atoms with Crippen molar-refractivity contribution >= 4 is 23.9 Å². The second kappa shape index (κ2) is 10.7. The molecule has 0 aliphatic carbocycles. The summed E-state index contributed by atoms with van der Waals surface area (Å²) in [5, 5.41) is 3.44. The second-order valence-corrected chi connectivity index (χ2v) is 6.37. The molecule has 0 aromatic heterocycles. The Labute approximate surface area is 167 Å². The van der Waals surface area contributed by atoms with Crippen molar-refractivity contribution in [1.82, 2.24) is 5.32 Å². The van der Waals surface area contributed by atoms with Crippen molar-refractivity contribution in [2.45, 2.75) is 25.3 Å². The van der Waals surface area contributed by atoms with Crippen LogP contribution in [0.4, 0.5) is 0 Å². The maximum absolute atomic E-state index is 12.0. The smallest absolute Gasteiger partial charge is 0.335 e. The number of carbonyl (C=O) groups excluding carboxylic acids is 1. The van der Waals surface area contributed by atoms with Crippen LogP contribution in [0.1, 0.15) is 30.4 Å². The van der Waals surface area contributed by atoms with Gasteiger partial charge in [0.15, 0.2) is 0 Å². The highest BCUT2D eigenvalue weighted by Gasteiger charge is 2.23. The SMILES string of the molecule is COC(=O)C1=CCCNC1CCC=C(c1ccccc1)c1ccccc1.Cl. The number of allylic oxidation sites excluding steroid dienone is 1. The van der Waals surface area contributed by atoms with Gasteiger partial charge >= 0.3 is 5.97 Å². The molecule has 3 rings (SSSR count). The first-order valence-electron chi connectivity index (χ1n) is 9.12. The molecular formula is C23H26ClNO2. The van der Waals surface area contributed by atoms with Gasteiger partial charge in [0.1, 0.15) is 0 Å². The van der Waals surface area contributed by atoms with Gasteiger partial charge in [-0.25, -0.2) is 4.79 Å². The Hall–Kier alpha value is -2.36. The van der Waals surface area contributed by atoms with Crippen molar-refractivity contribution in [3.8, 4) is 0 Å². The molecule has 1 aliphatic heterocycles. The average Bonchev–Trinajstić information content (AvgIpc) is 2.72. The summed E-state index contributed by atoms with van der Waals surface area (Å²) in [4.78, 5) is 12.0. The van der Waals surface area contributed by atoms with E-state index in [2.05, 4.69) is 59.9 Å². The molecule has 0 amide bonds. The van der Waals surface area contributed by atoms with Gasteiger partial charge in [-0.05, 0) is 42.5 Å². The highest BCUT2D eigenvalue weighted by atomic mass is 35.5. The summed E-state index contributed by atoms with van der Waals surface area (Å²) in [6.07, 6.45) is 6.90. The summed E-state index contributed by atoms with van der Waals surface area (Å²) in [6.45, 7) is 0.902. The number of hydrogen-bond donors (Lipinski definition) is 1. The van der Waals surface area contributed by atoms with E-state index < -0.39 is 0 Å². The van der Waals surface area contributed by atoms with E-state index in [0.717, 1.165) is 31.4 Å². The maximum Gasteiger partial charge on any atom is 0.335 e. The van der Waals surface area contributed by atoms with E-state index in [1.165, 1.54) is 23.8 Å². The van der Waals surface area contributed by atoms with Crippen LogP contribution in [0.3, 0.4) is 0 Å². The maximum atomic E-state index is 12.0. The number of nitrogens with one attached hydrogen (secondary N) is 1. The number of carbonyl (C=O) groups is 1. The predicted octanol–water partition coefficient (Wildman–Crippen LogP) is 4.78. The zero-order valence-corrected chi connectivity index (χ0v) is 16.4. The molecule has 1 aliphatic rings. The van der Waals surface area contributed by atoms with E-state index in [9.17, 15) is 4.79 Å². The molecule has 3 nitrogen and oxygen atoms in total. The molecule has 0 bridgehead atoms. The zero-order valence-electron chi connectivity index (χ0n) is 15.6. The van der Waals surface area contributed by atoms with Crippen molar-refractivity contribution < 1.29 is 9.53 Å². The van der Waals surface area contributed by atoms with Crippen LogP contribution in [0.2, 0.25) is 0 Å². The third-order valence-corrected chi connectivity index (χ3v) is 4.67. The van der Waals surface area contributed by atoms with Gasteiger partial charge in [0.25, 0.3) is 0 Å². The Balaban J connectivity index is 0.00000261. The lowest BCUT2D eigenvalue weighted by Gasteiger charge is -2.24. The van der Waals surface area contributed by atoms with Gasteiger partial charge in [0, 0.05) is 6.04 Å². The van der Waals surface area contributed by atoms with Crippen molar-refractivity contribution in [2.75, 3.05) is 13.7 Å². The first-order chi connectivity index (χ1) is 12.8. The predicted molar refractivity (Wildman–Crippen MR) is 113 cm³/mol. The van der Waals surface area contributed by atoms with Crippen LogP contribution in [0.25, 0.3) is 5.57 Å². The fourth-order valence-corrected chi connectivity index (χ4v) is 3.37. The zero-order chi connectivity index (χ0) is 18.2. The first kappa shape index (κ1) is 20.9. The highest BCUT2D eigenvalue weighted by molar-refractivity contribution is 5.90. The van der Waals surface area contributed by atoms with Crippen LogP contribution in [0.15, 0.2) is 78.4 Å². The molecule has 0 spiro atoms. The molecular weight excluding hydrogens is 358 g/mol. The number of methoxy groups -OCH3 is 1. The fourth-order valence-electron chi connectivity index (χ4n) is 3.37. The van der Waals surface area contributed by atoms with Gasteiger partial charge in [-0.3, -0.25) is 0 Å². The van der Waals surface area contributed by atoms with Gasteiger partial charge in [0.05, 0.1) is 12.7 Å². The van der Waals surface area contributed by atoms with Crippen LogP contribution in [0.5, 0.6) is 0 Å². The normalized spacial score (nSPS) is 15.9. The molecule has 1 N–H and O–H groups in total. The van der Waals surface area contributed by atoms with Gasteiger partial charge < -0.3 is 10.1 Å².